The molecule has 0 amide bonds. The molecule has 0 radical (unpaired) electrons. The third-order valence-electron chi connectivity index (χ3n) is 1.77. The molecular weight excluding hydrogens is 240 g/mol. The summed E-state index contributed by atoms with van der Waals surface area (Å²) >= 11 is 0. The Labute approximate surface area is 93.8 Å². The molecule has 1 unspecified atom stereocenters. The van der Waals surface area contributed by atoms with E-state index in [4.69, 9.17) is 0 Å². The van der Waals surface area contributed by atoms with Crippen LogP contribution in [0.2, 0.25) is 0 Å². The maximum Gasteiger partial charge on any atom is 0.272 e. The zero-order chi connectivity index (χ0) is 9.03. The van der Waals surface area contributed by atoms with Crippen LogP contribution in [-0.2, 0) is 0 Å². The monoisotopic (exact) mass is 254 g/mol. The lowest BCUT2D eigenvalue weighted by atomic mass is 10.2. The van der Waals surface area contributed by atoms with Crippen molar-refractivity contribution >= 4 is 24.8 Å². The lowest BCUT2D eigenvalue weighted by molar-refractivity contribution is -0.0475. The topological polar surface area (TPSA) is 24.1 Å². The van der Waals surface area contributed by atoms with Crippen LogP contribution in [0.15, 0.2) is 0 Å². The molecule has 2 nitrogen and oxygen atoms in total. The fourth-order valence-corrected chi connectivity index (χ4v) is 0.933. The highest BCUT2D eigenvalue weighted by molar-refractivity contribution is 5.85. The van der Waals surface area contributed by atoms with E-state index in [9.17, 15) is 13.2 Å². The molecule has 0 aliphatic carbocycles. The second kappa shape index (κ2) is 7.56. The van der Waals surface area contributed by atoms with Crippen molar-refractivity contribution in [3.63, 3.8) is 0 Å². The van der Waals surface area contributed by atoms with Crippen LogP contribution in [0.1, 0.15) is 6.42 Å². The quantitative estimate of drug-likeness (QED) is 0.683. The number of rotatable bonds is 0. The van der Waals surface area contributed by atoms with Crippen LogP contribution in [-0.4, -0.2) is 38.3 Å². The molecule has 7 heteroatoms. The molecule has 1 atom stereocenters. The van der Waals surface area contributed by atoms with E-state index in [2.05, 4.69) is 10.6 Å². The first-order chi connectivity index (χ1) is 5.60. The average Bonchev–Trinajstić information content (AvgIpc) is 2.38. The van der Waals surface area contributed by atoms with Gasteiger partial charge in [-0.2, -0.15) is 0 Å². The normalized spacial score (nSPS) is 27.2. The molecule has 0 aromatic carbocycles. The molecule has 2 N–H and O–H groups in total. The Balaban J connectivity index is 0. The molecule has 2 rings (SSSR count). The average molecular weight is 255 g/mol. The lowest BCUT2D eigenvalue weighted by Crippen LogP contribution is -2.52. The number of halogens is 5. The van der Waals surface area contributed by atoms with Crippen molar-refractivity contribution in [3.8, 4) is 0 Å². The molecule has 2 saturated heterocycles. The SMILES string of the molecule is Cl.Cl.FC1(F)CNC1.FC1CCNC1. The zero-order valence-electron chi connectivity index (χ0n) is 7.56. The van der Waals surface area contributed by atoms with Gasteiger partial charge >= 0.3 is 0 Å². The van der Waals surface area contributed by atoms with E-state index in [-0.39, 0.29) is 37.9 Å². The minimum Gasteiger partial charge on any atom is -0.314 e. The summed E-state index contributed by atoms with van der Waals surface area (Å²) in [6.45, 7) is 1.17. The second-order valence-corrected chi connectivity index (χ2v) is 3.05. The van der Waals surface area contributed by atoms with E-state index in [1.54, 1.807) is 0 Å². The standard InChI is InChI=1S/C4H8FN.C3H5F2N.2ClH/c5-4-1-2-6-3-4;4-3(5)1-6-2-3;;/h4,6H,1-3H2;6H,1-2H2;2*1H. The van der Waals surface area contributed by atoms with Crippen molar-refractivity contribution in [1.29, 1.82) is 0 Å². The summed E-state index contributed by atoms with van der Waals surface area (Å²) in [7, 11) is 0. The van der Waals surface area contributed by atoms with E-state index in [0.29, 0.717) is 13.0 Å². The fourth-order valence-electron chi connectivity index (χ4n) is 0.933. The first kappa shape index (κ1) is 16.7. The molecule has 2 aliphatic rings. The van der Waals surface area contributed by atoms with Gasteiger partial charge in [-0.25, -0.2) is 13.2 Å². The van der Waals surface area contributed by atoms with E-state index in [1.165, 1.54) is 0 Å². The first-order valence-corrected chi connectivity index (χ1v) is 4.03. The van der Waals surface area contributed by atoms with Crippen molar-refractivity contribution in [2.24, 2.45) is 0 Å². The predicted molar refractivity (Wildman–Crippen MR) is 54.7 cm³/mol. The van der Waals surface area contributed by atoms with Gasteiger partial charge in [-0.05, 0) is 13.0 Å². The predicted octanol–water partition coefficient (Wildman–Crippen LogP) is 1.39. The summed E-state index contributed by atoms with van der Waals surface area (Å²) in [5.74, 6) is -2.39. The molecular formula is C7H15Cl2F3N2. The highest BCUT2D eigenvalue weighted by Gasteiger charge is 2.36. The molecule has 0 aromatic rings. The fraction of sp³-hybridized carbons (Fsp3) is 1.00. The minimum absolute atomic E-state index is 0. The van der Waals surface area contributed by atoms with Crippen LogP contribution in [0.25, 0.3) is 0 Å². The van der Waals surface area contributed by atoms with Gasteiger partial charge in [0, 0.05) is 6.54 Å². The van der Waals surface area contributed by atoms with Crippen LogP contribution < -0.4 is 10.6 Å². The summed E-state index contributed by atoms with van der Waals surface area (Å²) in [5.41, 5.74) is 0. The van der Waals surface area contributed by atoms with Crippen LogP contribution in [0.3, 0.4) is 0 Å². The Kier molecular flexibility index (Phi) is 9.03. The second-order valence-electron chi connectivity index (χ2n) is 3.05. The Morgan fingerprint density at radius 2 is 1.57 bits per heavy atom. The number of hydrogen-bond donors (Lipinski definition) is 2. The van der Waals surface area contributed by atoms with Crippen LogP contribution in [0, 0.1) is 0 Å². The van der Waals surface area contributed by atoms with Crippen molar-refractivity contribution in [3.05, 3.63) is 0 Å². The van der Waals surface area contributed by atoms with Crippen molar-refractivity contribution in [2.45, 2.75) is 18.5 Å². The summed E-state index contributed by atoms with van der Waals surface area (Å²) in [4.78, 5) is 0. The Morgan fingerprint density at radius 1 is 1.07 bits per heavy atom. The molecule has 0 saturated carbocycles. The van der Waals surface area contributed by atoms with E-state index < -0.39 is 12.1 Å². The highest BCUT2D eigenvalue weighted by atomic mass is 35.5. The zero-order valence-corrected chi connectivity index (χ0v) is 9.20. The number of nitrogens with one attached hydrogen (secondary N) is 2. The van der Waals surface area contributed by atoms with E-state index in [0.717, 1.165) is 6.54 Å². The van der Waals surface area contributed by atoms with Gasteiger partial charge in [-0.15, -0.1) is 24.8 Å². The molecule has 14 heavy (non-hydrogen) atoms. The van der Waals surface area contributed by atoms with Gasteiger partial charge in [0.25, 0.3) is 5.92 Å². The summed E-state index contributed by atoms with van der Waals surface area (Å²) < 4.78 is 34.8. The molecule has 2 fully saturated rings. The number of alkyl halides is 3. The maximum atomic E-state index is 11.9. The number of hydrogen-bond acceptors (Lipinski definition) is 2. The summed E-state index contributed by atoms with van der Waals surface area (Å²) in [6, 6.07) is 0. The van der Waals surface area contributed by atoms with Gasteiger partial charge in [0.05, 0.1) is 13.1 Å². The van der Waals surface area contributed by atoms with E-state index in [1.807, 2.05) is 0 Å². The molecule has 0 bridgehead atoms. The van der Waals surface area contributed by atoms with Gasteiger partial charge < -0.3 is 10.6 Å². The highest BCUT2D eigenvalue weighted by Crippen LogP contribution is 2.16. The Bertz CT molecular complexity index is 137. The summed E-state index contributed by atoms with van der Waals surface area (Å²) in [6.07, 6.45) is 0.144. The van der Waals surface area contributed by atoms with Crippen molar-refractivity contribution in [2.75, 3.05) is 26.2 Å². The molecule has 2 aliphatic heterocycles. The lowest BCUT2D eigenvalue weighted by Gasteiger charge is -2.25. The van der Waals surface area contributed by atoms with E-state index >= 15 is 0 Å². The summed E-state index contributed by atoms with van der Waals surface area (Å²) in [5, 5.41) is 5.35. The minimum atomic E-state index is -2.39. The van der Waals surface area contributed by atoms with Gasteiger partial charge in [0.1, 0.15) is 6.17 Å². The van der Waals surface area contributed by atoms with Gasteiger partial charge in [0.2, 0.25) is 0 Å². The molecule has 0 spiro atoms. The Hall–Kier alpha value is 0.290. The molecule has 88 valence electrons. The molecule has 0 aromatic heterocycles. The molecule has 2 heterocycles. The van der Waals surface area contributed by atoms with Gasteiger partial charge in [0.15, 0.2) is 0 Å². The van der Waals surface area contributed by atoms with Crippen molar-refractivity contribution < 1.29 is 13.2 Å². The Morgan fingerprint density at radius 3 is 1.64 bits per heavy atom. The van der Waals surface area contributed by atoms with Crippen LogP contribution in [0.5, 0.6) is 0 Å². The van der Waals surface area contributed by atoms with Crippen molar-refractivity contribution in [1.82, 2.24) is 10.6 Å². The smallest absolute Gasteiger partial charge is 0.272 e. The van der Waals surface area contributed by atoms with Crippen LogP contribution >= 0.6 is 24.8 Å². The van der Waals surface area contributed by atoms with Crippen LogP contribution in [0.4, 0.5) is 13.2 Å². The first-order valence-electron chi connectivity index (χ1n) is 4.03. The third kappa shape index (κ3) is 6.70. The van der Waals surface area contributed by atoms with Gasteiger partial charge in [-0.3, -0.25) is 0 Å². The van der Waals surface area contributed by atoms with Gasteiger partial charge in [-0.1, -0.05) is 0 Å². The largest absolute Gasteiger partial charge is 0.314 e. The third-order valence-corrected chi connectivity index (χ3v) is 1.77. The maximum absolute atomic E-state index is 11.9.